The van der Waals surface area contributed by atoms with E-state index in [1.807, 2.05) is 0 Å². The maximum absolute atomic E-state index is 7.59. The molecule has 1 saturated heterocycles. The van der Waals surface area contributed by atoms with Crippen molar-refractivity contribution in [2.45, 2.75) is 25.9 Å². The smallest absolute Gasteiger partial charge is 0.0475 e. The first-order valence-corrected chi connectivity index (χ1v) is 2.86. The van der Waals surface area contributed by atoms with Crippen LogP contribution in [-0.4, -0.2) is 25.1 Å². The zero-order valence-electron chi connectivity index (χ0n) is 8.28. The van der Waals surface area contributed by atoms with Crippen LogP contribution in [0.15, 0.2) is 0 Å². The minimum atomic E-state index is -1.39. The van der Waals surface area contributed by atoms with Gasteiger partial charge in [0, 0.05) is 29.2 Å². The molecule has 2 atom stereocenters. The van der Waals surface area contributed by atoms with E-state index in [4.69, 9.17) is 4.11 Å². The first-order chi connectivity index (χ1) is 4.83. The molecule has 0 amide bonds. The summed E-state index contributed by atoms with van der Waals surface area (Å²) in [7, 11) is 0. The highest BCUT2D eigenvalue weighted by atomic mass is 15.1. The average molecular weight is 117 g/mol. The second-order valence-corrected chi connectivity index (χ2v) is 2.14. The molecule has 48 valence electrons. The summed E-state index contributed by atoms with van der Waals surface area (Å²) < 4.78 is 22.4. The molecule has 1 aliphatic rings. The van der Waals surface area contributed by atoms with Crippen LogP contribution < -0.4 is 10.6 Å². The number of rotatable bonds is 0. The second kappa shape index (κ2) is 2.46. The molecule has 1 fully saturated rings. The molecule has 0 radical (unpaired) electrons. The predicted molar refractivity (Wildman–Crippen MR) is 34.9 cm³/mol. The third-order valence-corrected chi connectivity index (χ3v) is 1.14. The van der Waals surface area contributed by atoms with Crippen LogP contribution in [0.2, 0.25) is 0 Å². The minimum absolute atomic E-state index is 0.321. The van der Waals surface area contributed by atoms with Crippen LogP contribution in [0.25, 0.3) is 0 Å². The van der Waals surface area contributed by atoms with Gasteiger partial charge in [-0.05, 0) is 13.8 Å². The van der Waals surface area contributed by atoms with E-state index in [0.717, 1.165) is 0 Å². The Morgan fingerprint density at radius 2 is 2.50 bits per heavy atom. The van der Waals surface area contributed by atoms with Gasteiger partial charge in [-0.15, -0.1) is 0 Å². The molecule has 0 aromatic carbocycles. The maximum Gasteiger partial charge on any atom is 0.0475 e. The van der Waals surface area contributed by atoms with Crippen molar-refractivity contribution in [1.82, 2.24) is 10.6 Å². The molecule has 2 nitrogen and oxygen atoms in total. The lowest BCUT2D eigenvalue weighted by Gasteiger charge is -2.26. The van der Waals surface area contributed by atoms with Gasteiger partial charge in [0.1, 0.15) is 0 Å². The molecule has 2 N–H and O–H groups in total. The lowest BCUT2D eigenvalue weighted by atomic mass is 10.2. The highest BCUT2D eigenvalue weighted by Crippen LogP contribution is 1.90. The number of hydrogen-bond donors (Lipinski definition) is 2. The molecule has 0 spiro atoms. The Labute approximate surface area is 54.9 Å². The van der Waals surface area contributed by atoms with Gasteiger partial charge in [-0.25, -0.2) is 0 Å². The van der Waals surface area contributed by atoms with Gasteiger partial charge in [-0.2, -0.15) is 0 Å². The van der Waals surface area contributed by atoms with Crippen LogP contribution in [0.1, 0.15) is 18.0 Å². The van der Waals surface area contributed by atoms with E-state index in [2.05, 4.69) is 10.6 Å². The van der Waals surface area contributed by atoms with Crippen LogP contribution in [0.3, 0.4) is 0 Å². The molecule has 1 rings (SSSR count). The third kappa shape index (κ3) is 1.46. The first kappa shape index (κ1) is 3.18. The van der Waals surface area contributed by atoms with E-state index < -0.39 is 12.5 Å². The number of piperazine rings is 1. The fourth-order valence-electron chi connectivity index (χ4n) is 0.793. The van der Waals surface area contributed by atoms with Gasteiger partial charge in [-0.3, -0.25) is 0 Å². The summed E-state index contributed by atoms with van der Waals surface area (Å²) in [5.41, 5.74) is 0. The highest BCUT2D eigenvalue weighted by molar-refractivity contribution is 4.76. The monoisotopic (exact) mass is 117 g/mol. The molecule has 0 saturated carbocycles. The van der Waals surface area contributed by atoms with Crippen LogP contribution in [0.4, 0.5) is 0 Å². The number of hydrogen-bond acceptors (Lipinski definition) is 2. The van der Waals surface area contributed by atoms with Gasteiger partial charge in [-0.1, -0.05) is 0 Å². The quantitative estimate of drug-likeness (QED) is 0.465. The Morgan fingerprint density at radius 3 is 3.00 bits per heavy atom. The lowest BCUT2D eigenvalue weighted by Crippen LogP contribution is -2.52. The minimum Gasteiger partial charge on any atom is -0.314 e. The van der Waals surface area contributed by atoms with Crippen molar-refractivity contribution < 1.29 is 4.11 Å². The van der Waals surface area contributed by atoms with Crippen LogP contribution in [0.5, 0.6) is 0 Å². The highest BCUT2D eigenvalue weighted by Gasteiger charge is 2.11. The van der Waals surface area contributed by atoms with Crippen LogP contribution in [-0.2, 0) is 0 Å². The lowest BCUT2D eigenvalue weighted by molar-refractivity contribution is 0.370. The van der Waals surface area contributed by atoms with Crippen molar-refractivity contribution in [3.63, 3.8) is 0 Å². The zero-order chi connectivity index (χ0) is 8.70. The van der Waals surface area contributed by atoms with E-state index in [-0.39, 0.29) is 6.04 Å². The summed E-state index contributed by atoms with van der Waals surface area (Å²) in [5, 5.41) is 5.56. The van der Waals surface area contributed by atoms with Crippen molar-refractivity contribution in [2.24, 2.45) is 0 Å². The van der Waals surface area contributed by atoms with Gasteiger partial charge < -0.3 is 10.6 Å². The van der Waals surface area contributed by atoms with Crippen LogP contribution in [0, 0.1) is 0 Å². The summed E-state index contributed by atoms with van der Waals surface area (Å²) in [6.07, 6.45) is 0. The molecule has 1 aliphatic heterocycles. The van der Waals surface area contributed by atoms with Crippen molar-refractivity contribution in [2.75, 3.05) is 13.0 Å². The molecular weight excluding hydrogens is 100 g/mol. The Kier molecular flexibility index (Phi) is 0.980. The van der Waals surface area contributed by atoms with E-state index >= 15 is 0 Å². The van der Waals surface area contributed by atoms with Crippen molar-refractivity contribution in [3.05, 3.63) is 0 Å². The van der Waals surface area contributed by atoms with Crippen molar-refractivity contribution in [1.29, 1.82) is 0 Å². The van der Waals surface area contributed by atoms with E-state index in [1.165, 1.54) is 0 Å². The van der Waals surface area contributed by atoms with Crippen LogP contribution >= 0.6 is 0 Å². The predicted octanol–water partition coefficient (Wildman–Crippen LogP) is -0.0438. The van der Waals surface area contributed by atoms with Gasteiger partial charge in [0.25, 0.3) is 0 Å². The van der Waals surface area contributed by atoms with E-state index in [1.54, 1.807) is 13.8 Å². The van der Waals surface area contributed by atoms with E-state index in [0.29, 0.717) is 6.54 Å². The molecule has 0 aliphatic carbocycles. The fourth-order valence-corrected chi connectivity index (χ4v) is 0.793. The van der Waals surface area contributed by atoms with Gasteiger partial charge in [0.15, 0.2) is 0 Å². The average Bonchev–Trinajstić information content (AvgIpc) is 1.81. The Balaban J connectivity index is 2.63. The summed E-state index contributed by atoms with van der Waals surface area (Å²) in [6.45, 7) is 2.41. The molecule has 2 heteroatoms. The molecule has 1 heterocycles. The fraction of sp³-hybridized carbons (Fsp3) is 1.00. The molecule has 0 bridgehead atoms. The van der Waals surface area contributed by atoms with Gasteiger partial charge in [0.2, 0.25) is 0 Å². The molecule has 2 unspecified atom stereocenters. The first-order valence-electron chi connectivity index (χ1n) is 4.36. The Morgan fingerprint density at radius 1 is 1.75 bits per heavy atom. The number of nitrogens with one attached hydrogen (secondary N) is 2. The maximum atomic E-state index is 7.59. The topological polar surface area (TPSA) is 24.1 Å². The van der Waals surface area contributed by atoms with Crippen molar-refractivity contribution >= 4 is 0 Å². The third-order valence-electron chi connectivity index (χ3n) is 1.14. The summed E-state index contributed by atoms with van der Waals surface area (Å²) in [5.74, 6) is 0. The Bertz CT molecular complexity index is 158. The SMILES string of the molecule is [2H]C1(C)CNC([2H])([2H])C(C)N1. The molecule has 0 aromatic heterocycles. The van der Waals surface area contributed by atoms with Gasteiger partial charge in [0.05, 0.1) is 0 Å². The second-order valence-electron chi connectivity index (χ2n) is 2.14. The molecule has 8 heavy (non-hydrogen) atoms. The summed E-state index contributed by atoms with van der Waals surface area (Å²) in [4.78, 5) is 0. The summed E-state index contributed by atoms with van der Waals surface area (Å²) in [6, 6.07) is -1.07. The Hall–Kier alpha value is -0.0800. The standard InChI is InChI=1S/C6H14N2/c1-5-3-7-4-6(2)8-5/h5-8H,3-4H2,1-2H3/i3D2,6D. The molecular formula is C6H14N2. The molecule has 0 aromatic rings. The largest absolute Gasteiger partial charge is 0.314 e. The van der Waals surface area contributed by atoms with E-state index in [9.17, 15) is 0 Å². The normalized spacial score (nSPS) is 60.8. The zero-order valence-corrected chi connectivity index (χ0v) is 5.28. The van der Waals surface area contributed by atoms with Crippen molar-refractivity contribution in [3.8, 4) is 0 Å². The van der Waals surface area contributed by atoms with Gasteiger partial charge >= 0.3 is 0 Å². The summed E-state index contributed by atoms with van der Waals surface area (Å²) >= 11 is 0.